The molecule has 1 aromatic heterocycles. The molecule has 0 saturated carbocycles. The van der Waals surface area contributed by atoms with Crippen molar-refractivity contribution in [1.29, 1.82) is 5.26 Å². The highest BCUT2D eigenvalue weighted by molar-refractivity contribution is 5.97. The van der Waals surface area contributed by atoms with Crippen molar-refractivity contribution in [2.75, 3.05) is 31.1 Å². The van der Waals surface area contributed by atoms with E-state index >= 15 is 0 Å². The van der Waals surface area contributed by atoms with Crippen molar-refractivity contribution in [2.45, 2.75) is 13.8 Å². The number of carbonyl (C=O) groups is 1. The van der Waals surface area contributed by atoms with Gasteiger partial charge in [0.05, 0.1) is 16.8 Å². The van der Waals surface area contributed by atoms with E-state index in [1.54, 1.807) is 30.9 Å². The second-order valence-electron chi connectivity index (χ2n) is 7.49. The van der Waals surface area contributed by atoms with Gasteiger partial charge in [-0.3, -0.25) is 9.78 Å². The van der Waals surface area contributed by atoms with Crippen LogP contribution in [0.3, 0.4) is 0 Å². The summed E-state index contributed by atoms with van der Waals surface area (Å²) in [5.74, 6) is -1.01. The monoisotopic (exact) mass is 406 g/mol. The largest absolute Gasteiger partial charge is 0.366 e. The van der Waals surface area contributed by atoms with Gasteiger partial charge in [0.1, 0.15) is 17.7 Å². The quantitative estimate of drug-likeness (QED) is 0.646. The van der Waals surface area contributed by atoms with Gasteiger partial charge in [-0.2, -0.15) is 5.26 Å². The zero-order valence-corrected chi connectivity index (χ0v) is 16.7. The number of piperazine rings is 1. The Morgan fingerprint density at radius 2 is 1.80 bits per heavy atom. The van der Waals surface area contributed by atoms with Crippen LogP contribution in [-0.4, -0.2) is 42.0 Å². The Kier molecular flexibility index (Phi) is 5.08. The number of pyridine rings is 1. The molecule has 30 heavy (non-hydrogen) atoms. The SMILES string of the molecule is Cc1ccc(C(=O)N2CCN(c3c(C#N)cnc4c(C)cc(F)cc34)CC2)cc1F. The zero-order chi connectivity index (χ0) is 21.4. The Morgan fingerprint density at radius 1 is 1.07 bits per heavy atom. The fourth-order valence-corrected chi connectivity index (χ4v) is 3.89. The first kappa shape index (κ1) is 19.8. The van der Waals surface area contributed by atoms with Gasteiger partial charge >= 0.3 is 0 Å². The minimum atomic E-state index is -0.404. The van der Waals surface area contributed by atoms with Crippen LogP contribution in [0.1, 0.15) is 27.0 Å². The molecule has 0 atom stereocenters. The van der Waals surface area contributed by atoms with Crippen molar-refractivity contribution in [3.8, 4) is 6.07 Å². The number of anilines is 1. The van der Waals surface area contributed by atoms with Gasteiger partial charge in [0.2, 0.25) is 0 Å². The van der Waals surface area contributed by atoms with Crippen LogP contribution < -0.4 is 4.90 Å². The lowest BCUT2D eigenvalue weighted by molar-refractivity contribution is 0.0746. The number of aromatic nitrogens is 1. The molecule has 0 N–H and O–H groups in total. The van der Waals surface area contributed by atoms with Gasteiger partial charge in [-0.1, -0.05) is 6.07 Å². The van der Waals surface area contributed by atoms with E-state index < -0.39 is 5.82 Å². The van der Waals surface area contributed by atoms with Gasteiger partial charge in [0, 0.05) is 43.3 Å². The summed E-state index contributed by atoms with van der Waals surface area (Å²) in [6.45, 7) is 5.21. The Hall–Kier alpha value is -3.53. The minimum Gasteiger partial charge on any atom is -0.366 e. The molecule has 0 unspecified atom stereocenters. The zero-order valence-electron chi connectivity index (χ0n) is 16.7. The number of nitriles is 1. The predicted octanol–water partition coefficient (Wildman–Crippen LogP) is 3.96. The maximum atomic E-state index is 14.1. The summed E-state index contributed by atoms with van der Waals surface area (Å²) < 4.78 is 27.9. The molecule has 1 aliphatic heterocycles. The number of nitrogens with zero attached hydrogens (tertiary/aromatic N) is 4. The maximum Gasteiger partial charge on any atom is 0.254 e. The lowest BCUT2D eigenvalue weighted by Crippen LogP contribution is -2.49. The van der Waals surface area contributed by atoms with Crippen LogP contribution in [0.4, 0.5) is 14.5 Å². The fraction of sp³-hybridized carbons (Fsp3) is 0.261. The van der Waals surface area contributed by atoms with Crippen LogP contribution in [0.5, 0.6) is 0 Å². The lowest BCUT2D eigenvalue weighted by atomic mass is 10.0. The molecule has 3 aromatic rings. The molecule has 2 heterocycles. The van der Waals surface area contributed by atoms with Gasteiger partial charge in [-0.05, 0) is 49.2 Å². The smallest absolute Gasteiger partial charge is 0.254 e. The summed E-state index contributed by atoms with van der Waals surface area (Å²) in [4.78, 5) is 20.7. The highest BCUT2D eigenvalue weighted by atomic mass is 19.1. The van der Waals surface area contributed by atoms with E-state index in [4.69, 9.17) is 0 Å². The van der Waals surface area contributed by atoms with Crippen LogP contribution >= 0.6 is 0 Å². The maximum absolute atomic E-state index is 14.1. The van der Waals surface area contributed by atoms with Crippen LogP contribution in [0.25, 0.3) is 10.9 Å². The summed E-state index contributed by atoms with van der Waals surface area (Å²) in [5.41, 5.74) is 3.17. The van der Waals surface area contributed by atoms with Gasteiger partial charge < -0.3 is 9.80 Å². The topological polar surface area (TPSA) is 60.2 Å². The number of rotatable bonds is 2. The highest BCUT2D eigenvalue weighted by Crippen LogP contribution is 2.32. The molecule has 4 rings (SSSR count). The summed E-state index contributed by atoms with van der Waals surface area (Å²) >= 11 is 0. The molecule has 0 spiro atoms. The van der Waals surface area contributed by atoms with Crippen molar-refractivity contribution in [3.05, 3.63) is 70.4 Å². The van der Waals surface area contributed by atoms with Gasteiger partial charge in [-0.15, -0.1) is 0 Å². The third-order valence-electron chi connectivity index (χ3n) is 5.52. The van der Waals surface area contributed by atoms with Gasteiger partial charge in [0.25, 0.3) is 5.91 Å². The third kappa shape index (κ3) is 3.45. The molecule has 0 bridgehead atoms. The predicted molar refractivity (Wildman–Crippen MR) is 110 cm³/mol. The Balaban J connectivity index is 1.61. The molecule has 0 aliphatic carbocycles. The number of amides is 1. The van der Waals surface area contributed by atoms with Crippen molar-refractivity contribution >= 4 is 22.5 Å². The Bertz CT molecular complexity index is 1190. The van der Waals surface area contributed by atoms with E-state index in [0.29, 0.717) is 65.0 Å². The van der Waals surface area contributed by atoms with Crippen molar-refractivity contribution in [2.24, 2.45) is 0 Å². The summed E-state index contributed by atoms with van der Waals surface area (Å²) in [6, 6.07) is 9.45. The van der Waals surface area contributed by atoms with Crippen LogP contribution in [-0.2, 0) is 0 Å². The first-order valence-electron chi connectivity index (χ1n) is 9.68. The molecule has 5 nitrogen and oxygen atoms in total. The summed E-state index contributed by atoms with van der Waals surface area (Å²) in [6.07, 6.45) is 1.51. The number of halogens is 2. The molecular formula is C23H20F2N4O. The number of benzene rings is 2. The normalized spacial score (nSPS) is 14.1. The van der Waals surface area contributed by atoms with Crippen molar-refractivity contribution in [1.82, 2.24) is 9.88 Å². The second kappa shape index (κ2) is 7.71. The third-order valence-corrected chi connectivity index (χ3v) is 5.52. The molecule has 7 heteroatoms. The van der Waals surface area contributed by atoms with E-state index in [9.17, 15) is 18.8 Å². The minimum absolute atomic E-state index is 0.226. The highest BCUT2D eigenvalue weighted by Gasteiger charge is 2.26. The average molecular weight is 406 g/mol. The molecule has 1 amide bonds. The number of hydrogen-bond donors (Lipinski definition) is 0. The average Bonchev–Trinajstić information content (AvgIpc) is 2.74. The second-order valence-corrected chi connectivity index (χ2v) is 7.49. The van der Waals surface area contributed by atoms with Gasteiger partial charge in [-0.25, -0.2) is 8.78 Å². The lowest BCUT2D eigenvalue weighted by Gasteiger charge is -2.37. The number of hydrogen-bond acceptors (Lipinski definition) is 4. The summed E-state index contributed by atoms with van der Waals surface area (Å²) in [7, 11) is 0. The van der Waals surface area contributed by atoms with E-state index in [1.807, 2.05) is 4.90 Å². The van der Waals surface area contributed by atoms with Crippen molar-refractivity contribution < 1.29 is 13.6 Å². The van der Waals surface area contributed by atoms with E-state index in [0.717, 1.165) is 0 Å². The Morgan fingerprint density at radius 3 is 2.47 bits per heavy atom. The molecule has 1 aliphatic rings. The number of aryl methyl sites for hydroxylation is 2. The molecule has 2 aromatic carbocycles. The summed E-state index contributed by atoms with van der Waals surface area (Å²) in [5, 5.41) is 10.2. The molecule has 152 valence electrons. The van der Waals surface area contributed by atoms with Crippen LogP contribution in [0.2, 0.25) is 0 Å². The Labute approximate surface area is 173 Å². The van der Waals surface area contributed by atoms with Gasteiger partial charge in [0.15, 0.2) is 0 Å². The fourth-order valence-electron chi connectivity index (χ4n) is 3.89. The molecule has 1 fully saturated rings. The van der Waals surface area contributed by atoms with E-state index in [1.165, 1.54) is 24.4 Å². The first-order chi connectivity index (χ1) is 14.4. The molecular weight excluding hydrogens is 386 g/mol. The first-order valence-corrected chi connectivity index (χ1v) is 9.68. The molecule has 1 saturated heterocycles. The van der Waals surface area contributed by atoms with E-state index in [2.05, 4.69) is 11.1 Å². The number of carbonyl (C=O) groups excluding carboxylic acids is 1. The van der Waals surface area contributed by atoms with Crippen molar-refractivity contribution in [3.63, 3.8) is 0 Å². The number of fused-ring (bicyclic) bond motifs is 1. The molecule has 0 radical (unpaired) electrons. The van der Waals surface area contributed by atoms with Crippen LogP contribution in [0, 0.1) is 36.8 Å². The van der Waals surface area contributed by atoms with E-state index in [-0.39, 0.29) is 11.7 Å². The van der Waals surface area contributed by atoms with Crippen LogP contribution in [0.15, 0.2) is 36.5 Å². The standard InChI is InChI=1S/C23H20F2N4O/c1-14-3-4-16(10-20(14)25)23(30)29-7-5-28(6-8-29)22-17(12-26)13-27-21-15(2)9-18(24)11-19(21)22/h3-4,9-11,13H,5-8H2,1-2H3.